The Kier molecular flexibility index (Phi) is 3.68. The predicted molar refractivity (Wildman–Crippen MR) is 67.2 cm³/mol. The minimum atomic E-state index is -4.37. The number of nitrogens with zero attached hydrogens (tertiary/aromatic N) is 1. The first-order valence-corrected chi connectivity index (χ1v) is 6.12. The average Bonchev–Trinajstić information content (AvgIpc) is 2.80. The number of hydrogen-bond acceptors (Lipinski definition) is 2. The SMILES string of the molecule is CC(=O)Nc1ccc(C(F)(F)F)cc1N1CCCC1. The zero-order valence-electron chi connectivity index (χ0n) is 10.5. The second kappa shape index (κ2) is 5.11. The fraction of sp³-hybridized carbons (Fsp3) is 0.462. The first-order chi connectivity index (χ1) is 8.88. The van der Waals surface area contributed by atoms with Crippen LogP contribution in [0.5, 0.6) is 0 Å². The summed E-state index contributed by atoms with van der Waals surface area (Å²) in [5.74, 6) is -0.291. The number of amides is 1. The lowest BCUT2D eigenvalue weighted by Gasteiger charge is -2.22. The summed E-state index contributed by atoms with van der Waals surface area (Å²) in [4.78, 5) is 13.0. The van der Waals surface area contributed by atoms with Gasteiger partial charge in [0, 0.05) is 20.0 Å². The molecule has 0 saturated carbocycles. The summed E-state index contributed by atoms with van der Waals surface area (Å²) in [6.45, 7) is 2.77. The van der Waals surface area contributed by atoms with Gasteiger partial charge in [0.25, 0.3) is 0 Å². The van der Waals surface area contributed by atoms with E-state index in [2.05, 4.69) is 5.32 Å². The predicted octanol–water partition coefficient (Wildman–Crippen LogP) is 3.26. The maximum atomic E-state index is 12.7. The van der Waals surface area contributed by atoms with Crippen molar-refractivity contribution in [2.45, 2.75) is 25.9 Å². The van der Waals surface area contributed by atoms with Gasteiger partial charge >= 0.3 is 6.18 Å². The fourth-order valence-electron chi connectivity index (χ4n) is 2.22. The second-order valence-corrected chi connectivity index (χ2v) is 4.61. The van der Waals surface area contributed by atoms with E-state index in [-0.39, 0.29) is 5.91 Å². The van der Waals surface area contributed by atoms with E-state index in [1.807, 2.05) is 4.90 Å². The van der Waals surface area contributed by atoms with Gasteiger partial charge in [-0.1, -0.05) is 0 Å². The van der Waals surface area contributed by atoms with Crippen LogP contribution in [0.3, 0.4) is 0 Å². The van der Waals surface area contributed by atoms with Crippen molar-refractivity contribution in [2.24, 2.45) is 0 Å². The van der Waals surface area contributed by atoms with E-state index in [1.165, 1.54) is 13.0 Å². The molecule has 0 radical (unpaired) electrons. The quantitative estimate of drug-likeness (QED) is 0.896. The Morgan fingerprint density at radius 1 is 1.26 bits per heavy atom. The van der Waals surface area contributed by atoms with E-state index in [0.29, 0.717) is 24.5 Å². The molecule has 1 aliphatic rings. The molecule has 0 aromatic heterocycles. The normalized spacial score (nSPS) is 15.7. The Labute approximate surface area is 109 Å². The number of halogens is 3. The standard InChI is InChI=1S/C13H15F3N2O/c1-9(19)17-11-5-4-10(13(14,15)16)8-12(11)18-6-2-3-7-18/h4-5,8H,2-3,6-7H2,1H3,(H,17,19). The number of benzene rings is 1. The number of carbonyl (C=O) groups is 1. The average molecular weight is 272 g/mol. The van der Waals surface area contributed by atoms with Gasteiger partial charge in [0.05, 0.1) is 16.9 Å². The molecule has 1 aromatic carbocycles. The van der Waals surface area contributed by atoms with Crippen LogP contribution in [0, 0.1) is 0 Å². The third-order valence-electron chi connectivity index (χ3n) is 3.08. The van der Waals surface area contributed by atoms with Crippen LogP contribution in [-0.4, -0.2) is 19.0 Å². The van der Waals surface area contributed by atoms with Gasteiger partial charge in [-0.25, -0.2) is 0 Å². The minimum absolute atomic E-state index is 0.291. The van der Waals surface area contributed by atoms with Crippen molar-refractivity contribution in [1.29, 1.82) is 0 Å². The van der Waals surface area contributed by atoms with Crippen LogP contribution < -0.4 is 10.2 Å². The summed E-state index contributed by atoms with van der Waals surface area (Å²) >= 11 is 0. The van der Waals surface area contributed by atoms with Crippen LogP contribution in [0.4, 0.5) is 24.5 Å². The van der Waals surface area contributed by atoms with Crippen LogP contribution in [0.1, 0.15) is 25.3 Å². The van der Waals surface area contributed by atoms with Crippen LogP contribution in [0.15, 0.2) is 18.2 Å². The third kappa shape index (κ3) is 3.19. The summed E-state index contributed by atoms with van der Waals surface area (Å²) in [5.41, 5.74) is 0.188. The molecule has 1 heterocycles. The first kappa shape index (κ1) is 13.7. The fourth-order valence-corrected chi connectivity index (χ4v) is 2.22. The Bertz CT molecular complexity index is 479. The lowest BCUT2D eigenvalue weighted by molar-refractivity contribution is -0.137. The molecule has 2 rings (SSSR count). The van der Waals surface area contributed by atoms with Gasteiger partial charge in [0.2, 0.25) is 5.91 Å². The van der Waals surface area contributed by atoms with E-state index in [1.54, 1.807) is 0 Å². The highest BCUT2D eigenvalue weighted by molar-refractivity contribution is 5.93. The molecule has 0 unspecified atom stereocenters. The van der Waals surface area contributed by atoms with Crippen molar-refractivity contribution in [3.05, 3.63) is 23.8 Å². The molecule has 104 valence electrons. The molecule has 1 amide bonds. The number of rotatable bonds is 2. The molecule has 0 bridgehead atoms. The van der Waals surface area contributed by atoms with Gasteiger partial charge in [0.1, 0.15) is 0 Å². The molecule has 0 spiro atoms. The zero-order valence-corrected chi connectivity index (χ0v) is 10.5. The topological polar surface area (TPSA) is 32.3 Å². The highest BCUT2D eigenvalue weighted by Crippen LogP contribution is 2.36. The number of anilines is 2. The zero-order chi connectivity index (χ0) is 14.0. The molecule has 1 aromatic rings. The van der Waals surface area contributed by atoms with Gasteiger partial charge in [-0.15, -0.1) is 0 Å². The smallest absolute Gasteiger partial charge is 0.370 e. The summed E-state index contributed by atoms with van der Waals surface area (Å²) in [6.07, 6.45) is -2.46. The van der Waals surface area contributed by atoms with Crippen molar-refractivity contribution in [3.8, 4) is 0 Å². The first-order valence-electron chi connectivity index (χ1n) is 6.12. The van der Waals surface area contributed by atoms with Gasteiger partial charge < -0.3 is 10.2 Å². The van der Waals surface area contributed by atoms with E-state index < -0.39 is 11.7 Å². The molecule has 1 fully saturated rings. The molecular formula is C13H15F3N2O. The van der Waals surface area contributed by atoms with Crippen LogP contribution in [0.25, 0.3) is 0 Å². The summed E-state index contributed by atoms with van der Waals surface area (Å²) in [6, 6.07) is 3.42. The van der Waals surface area contributed by atoms with Crippen molar-refractivity contribution in [2.75, 3.05) is 23.3 Å². The molecule has 1 aliphatic heterocycles. The van der Waals surface area contributed by atoms with E-state index >= 15 is 0 Å². The number of nitrogens with one attached hydrogen (secondary N) is 1. The van der Waals surface area contributed by atoms with Gasteiger partial charge in [-0.2, -0.15) is 13.2 Å². The molecule has 6 heteroatoms. The summed E-state index contributed by atoms with van der Waals surface area (Å²) in [7, 11) is 0. The van der Waals surface area contributed by atoms with Gasteiger partial charge in [-0.3, -0.25) is 4.79 Å². The van der Waals surface area contributed by atoms with E-state index in [9.17, 15) is 18.0 Å². The summed E-state index contributed by atoms with van der Waals surface area (Å²) < 4.78 is 38.2. The largest absolute Gasteiger partial charge is 0.416 e. The van der Waals surface area contributed by atoms with Crippen LogP contribution in [-0.2, 0) is 11.0 Å². The monoisotopic (exact) mass is 272 g/mol. The maximum Gasteiger partial charge on any atom is 0.416 e. The van der Waals surface area contributed by atoms with Crippen molar-refractivity contribution in [1.82, 2.24) is 0 Å². The molecule has 1 saturated heterocycles. The Morgan fingerprint density at radius 3 is 2.42 bits per heavy atom. The minimum Gasteiger partial charge on any atom is -0.370 e. The van der Waals surface area contributed by atoms with E-state index in [0.717, 1.165) is 25.0 Å². The number of hydrogen-bond donors (Lipinski definition) is 1. The second-order valence-electron chi connectivity index (χ2n) is 4.61. The van der Waals surface area contributed by atoms with E-state index in [4.69, 9.17) is 0 Å². The number of carbonyl (C=O) groups excluding carboxylic acids is 1. The lowest BCUT2D eigenvalue weighted by Crippen LogP contribution is -2.21. The van der Waals surface area contributed by atoms with Crippen molar-refractivity contribution in [3.63, 3.8) is 0 Å². The molecule has 19 heavy (non-hydrogen) atoms. The molecular weight excluding hydrogens is 257 g/mol. The van der Waals surface area contributed by atoms with Gasteiger partial charge in [-0.05, 0) is 31.0 Å². The van der Waals surface area contributed by atoms with Gasteiger partial charge in [0.15, 0.2) is 0 Å². The molecule has 3 nitrogen and oxygen atoms in total. The highest BCUT2D eigenvalue weighted by Gasteiger charge is 2.32. The van der Waals surface area contributed by atoms with Crippen molar-refractivity contribution < 1.29 is 18.0 Å². The molecule has 1 N–H and O–H groups in total. The third-order valence-corrected chi connectivity index (χ3v) is 3.08. The van der Waals surface area contributed by atoms with Crippen LogP contribution >= 0.6 is 0 Å². The summed E-state index contributed by atoms with van der Waals surface area (Å²) in [5, 5.41) is 2.58. The molecule has 0 aliphatic carbocycles. The number of alkyl halides is 3. The lowest BCUT2D eigenvalue weighted by atomic mass is 10.1. The molecule has 0 atom stereocenters. The maximum absolute atomic E-state index is 12.7. The Morgan fingerprint density at radius 2 is 1.89 bits per heavy atom. The van der Waals surface area contributed by atoms with Crippen LogP contribution in [0.2, 0.25) is 0 Å². The Balaban J connectivity index is 2.40. The van der Waals surface area contributed by atoms with Crippen molar-refractivity contribution >= 4 is 17.3 Å². The Hall–Kier alpha value is -1.72. The highest BCUT2D eigenvalue weighted by atomic mass is 19.4.